The summed E-state index contributed by atoms with van der Waals surface area (Å²) in [6, 6.07) is 14.7. The lowest BCUT2D eigenvalue weighted by atomic mass is 10.2. The van der Waals surface area contributed by atoms with Crippen LogP contribution >= 0.6 is 0 Å². The van der Waals surface area contributed by atoms with E-state index in [0.717, 1.165) is 32.7 Å². The van der Waals surface area contributed by atoms with Gasteiger partial charge in [-0.2, -0.15) is 0 Å². The van der Waals surface area contributed by atoms with Crippen LogP contribution in [0.25, 0.3) is 0 Å². The van der Waals surface area contributed by atoms with Gasteiger partial charge in [-0.05, 0) is 17.7 Å². The summed E-state index contributed by atoms with van der Waals surface area (Å²) in [4.78, 5) is 1.30. The van der Waals surface area contributed by atoms with Gasteiger partial charge in [0, 0.05) is 26.3 Å². The zero-order valence-electron chi connectivity index (χ0n) is 16.1. The van der Waals surface area contributed by atoms with E-state index in [-0.39, 0.29) is 13.2 Å². The van der Waals surface area contributed by atoms with Crippen molar-refractivity contribution in [1.82, 2.24) is 4.57 Å². The highest BCUT2D eigenvalue weighted by atomic mass is 16.5. The Labute approximate surface area is 162 Å². The minimum absolute atomic E-state index is 0.232. The molecule has 0 aliphatic heterocycles. The summed E-state index contributed by atoms with van der Waals surface area (Å²) in [7, 11) is 1.72. The van der Waals surface area contributed by atoms with Crippen LogP contribution in [-0.4, -0.2) is 55.8 Å². The van der Waals surface area contributed by atoms with Crippen LogP contribution in [0.3, 0.4) is 0 Å². The van der Waals surface area contributed by atoms with Crippen molar-refractivity contribution in [2.45, 2.75) is 25.6 Å². The van der Waals surface area contributed by atoms with Gasteiger partial charge in [-0.25, -0.2) is 0 Å². The first-order chi connectivity index (χ1) is 13.2. The molecule has 5 nitrogen and oxygen atoms in total. The Bertz CT molecular complexity index is 678. The standard InChI is InChI=1S/C22H30N2O3/c1-3-14-27-19-22(25)18-23(12-8-15-26-2)17-21-11-7-13-24(21)16-20-9-5-4-6-10-20/h1,4-7,9-11,13,22,25H,8,12,14-19H2,2H3/p+1/t22-/m1/s1. The van der Waals surface area contributed by atoms with Crippen molar-refractivity contribution < 1.29 is 19.5 Å². The van der Waals surface area contributed by atoms with Crippen molar-refractivity contribution in [3.8, 4) is 12.3 Å². The predicted octanol–water partition coefficient (Wildman–Crippen LogP) is 0.969. The molecule has 5 heteroatoms. The second kappa shape index (κ2) is 12.3. The molecule has 2 rings (SSSR count). The molecule has 27 heavy (non-hydrogen) atoms. The van der Waals surface area contributed by atoms with Gasteiger partial charge in [0.1, 0.15) is 25.8 Å². The number of aromatic nitrogens is 1. The van der Waals surface area contributed by atoms with E-state index >= 15 is 0 Å². The van der Waals surface area contributed by atoms with Crippen molar-refractivity contribution in [3.05, 3.63) is 59.9 Å². The number of aliphatic hydroxyl groups excluding tert-OH is 1. The molecule has 1 heterocycles. The van der Waals surface area contributed by atoms with E-state index < -0.39 is 6.10 Å². The predicted molar refractivity (Wildman–Crippen MR) is 107 cm³/mol. The lowest BCUT2D eigenvalue weighted by Crippen LogP contribution is -3.12. The normalized spacial score (nSPS) is 13.2. The minimum atomic E-state index is -0.534. The summed E-state index contributed by atoms with van der Waals surface area (Å²) in [6.45, 7) is 4.46. The van der Waals surface area contributed by atoms with Crippen molar-refractivity contribution in [1.29, 1.82) is 0 Å². The summed E-state index contributed by atoms with van der Waals surface area (Å²) in [6.07, 6.45) is 7.72. The molecule has 0 spiro atoms. The van der Waals surface area contributed by atoms with Crippen LogP contribution in [0.15, 0.2) is 48.7 Å². The van der Waals surface area contributed by atoms with Crippen LogP contribution in [0, 0.1) is 12.3 Å². The molecule has 1 aromatic carbocycles. The monoisotopic (exact) mass is 371 g/mol. The lowest BCUT2D eigenvalue weighted by molar-refractivity contribution is -0.917. The number of methoxy groups -OCH3 is 1. The molecule has 0 aliphatic rings. The number of hydrogen-bond donors (Lipinski definition) is 2. The quantitative estimate of drug-likeness (QED) is 0.407. The van der Waals surface area contributed by atoms with E-state index in [1.54, 1.807) is 7.11 Å². The van der Waals surface area contributed by atoms with Crippen molar-refractivity contribution in [2.24, 2.45) is 0 Å². The number of hydrogen-bond acceptors (Lipinski definition) is 3. The van der Waals surface area contributed by atoms with E-state index in [1.165, 1.54) is 16.2 Å². The van der Waals surface area contributed by atoms with Gasteiger partial charge in [-0.3, -0.25) is 0 Å². The van der Waals surface area contributed by atoms with E-state index in [9.17, 15) is 5.11 Å². The highest BCUT2D eigenvalue weighted by Crippen LogP contribution is 2.07. The van der Waals surface area contributed by atoms with Crippen LogP contribution in [0.2, 0.25) is 0 Å². The van der Waals surface area contributed by atoms with Crippen molar-refractivity contribution in [3.63, 3.8) is 0 Å². The molecule has 2 aromatic rings. The van der Waals surface area contributed by atoms with Gasteiger partial charge in [-0.15, -0.1) is 6.42 Å². The average molecular weight is 372 g/mol. The van der Waals surface area contributed by atoms with E-state index in [4.69, 9.17) is 15.9 Å². The zero-order chi connectivity index (χ0) is 19.3. The first kappa shape index (κ1) is 21.2. The average Bonchev–Trinajstić information content (AvgIpc) is 3.09. The van der Waals surface area contributed by atoms with Gasteiger partial charge in [-0.1, -0.05) is 36.3 Å². The van der Waals surface area contributed by atoms with Crippen LogP contribution in [-0.2, 0) is 22.6 Å². The maximum absolute atomic E-state index is 10.3. The van der Waals surface area contributed by atoms with E-state index in [2.05, 4.69) is 53.1 Å². The van der Waals surface area contributed by atoms with E-state index in [0.29, 0.717) is 6.54 Å². The SMILES string of the molecule is C#CCOC[C@H](O)C[NH+](CCCOC)Cc1cccn1Cc1ccccc1. The first-order valence-corrected chi connectivity index (χ1v) is 9.42. The molecule has 1 aromatic heterocycles. The lowest BCUT2D eigenvalue weighted by Gasteiger charge is -2.23. The highest BCUT2D eigenvalue weighted by Gasteiger charge is 2.17. The molecule has 0 saturated heterocycles. The molecule has 0 amide bonds. The van der Waals surface area contributed by atoms with Gasteiger partial charge in [0.25, 0.3) is 0 Å². The Morgan fingerprint density at radius 2 is 2.04 bits per heavy atom. The van der Waals surface area contributed by atoms with Crippen LogP contribution in [0.5, 0.6) is 0 Å². The van der Waals surface area contributed by atoms with Crippen molar-refractivity contribution in [2.75, 3.05) is 40.0 Å². The van der Waals surface area contributed by atoms with E-state index in [1.807, 2.05) is 6.07 Å². The number of aliphatic hydroxyl groups is 1. The molecule has 0 radical (unpaired) electrons. The molecule has 0 bridgehead atoms. The number of quaternary nitrogens is 1. The second-order valence-electron chi connectivity index (χ2n) is 6.71. The van der Waals surface area contributed by atoms with Gasteiger partial charge in [0.05, 0.1) is 25.5 Å². The summed E-state index contributed by atoms with van der Waals surface area (Å²) < 4.78 is 12.7. The van der Waals surface area contributed by atoms with Crippen LogP contribution in [0.4, 0.5) is 0 Å². The Kier molecular flexibility index (Phi) is 9.67. The third-order valence-electron chi connectivity index (χ3n) is 4.45. The van der Waals surface area contributed by atoms with Gasteiger partial charge >= 0.3 is 0 Å². The molecule has 2 N–H and O–H groups in total. The van der Waals surface area contributed by atoms with Crippen LogP contribution in [0.1, 0.15) is 17.7 Å². The van der Waals surface area contributed by atoms with Gasteiger partial charge in [0.2, 0.25) is 0 Å². The molecule has 0 aliphatic carbocycles. The maximum atomic E-state index is 10.3. The number of terminal acetylenes is 1. The second-order valence-corrected chi connectivity index (χ2v) is 6.71. The molecular weight excluding hydrogens is 340 g/mol. The number of nitrogens with one attached hydrogen (secondary N) is 1. The van der Waals surface area contributed by atoms with Crippen LogP contribution < -0.4 is 4.90 Å². The molecule has 1 unspecified atom stereocenters. The Morgan fingerprint density at radius 3 is 2.78 bits per heavy atom. The largest absolute Gasteiger partial charge is 0.385 e. The summed E-state index contributed by atoms with van der Waals surface area (Å²) in [5.74, 6) is 2.43. The summed E-state index contributed by atoms with van der Waals surface area (Å²) >= 11 is 0. The molecule has 146 valence electrons. The van der Waals surface area contributed by atoms with Gasteiger partial charge in [0.15, 0.2) is 0 Å². The summed E-state index contributed by atoms with van der Waals surface area (Å²) in [5.41, 5.74) is 2.53. The van der Waals surface area contributed by atoms with Crippen molar-refractivity contribution >= 4 is 0 Å². The fourth-order valence-corrected chi connectivity index (χ4v) is 3.18. The topological polar surface area (TPSA) is 48.1 Å². The fourth-order valence-electron chi connectivity index (χ4n) is 3.18. The molecule has 0 saturated carbocycles. The minimum Gasteiger partial charge on any atom is -0.385 e. The number of ether oxygens (including phenoxy) is 2. The smallest absolute Gasteiger partial charge is 0.126 e. The highest BCUT2D eigenvalue weighted by molar-refractivity contribution is 5.17. The zero-order valence-corrected chi connectivity index (χ0v) is 16.1. The fraction of sp³-hybridized carbons (Fsp3) is 0.455. The number of benzene rings is 1. The first-order valence-electron chi connectivity index (χ1n) is 9.42. The molecule has 0 fully saturated rings. The maximum Gasteiger partial charge on any atom is 0.126 e. The molecule has 2 atom stereocenters. The Balaban J connectivity index is 1.97. The third kappa shape index (κ3) is 7.98. The summed E-state index contributed by atoms with van der Waals surface area (Å²) in [5, 5.41) is 10.3. The number of nitrogens with zero attached hydrogens (tertiary/aromatic N) is 1. The van der Waals surface area contributed by atoms with Gasteiger partial charge < -0.3 is 24.0 Å². The third-order valence-corrected chi connectivity index (χ3v) is 4.45. The Hall–Kier alpha value is -2.10. The molecular formula is C22H31N2O3+. The number of rotatable bonds is 13. The Morgan fingerprint density at radius 1 is 1.22 bits per heavy atom.